The van der Waals surface area contributed by atoms with E-state index in [2.05, 4.69) is 61.2 Å². The average Bonchev–Trinajstić information content (AvgIpc) is 2.48. The van der Waals surface area contributed by atoms with Gasteiger partial charge in [-0.15, -0.1) is 0 Å². The molecule has 116 valence electrons. The van der Waals surface area contributed by atoms with Crippen molar-refractivity contribution in [2.24, 2.45) is 11.5 Å². The van der Waals surface area contributed by atoms with Crippen LogP contribution >= 0.6 is 0 Å². The Morgan fingerprint density at radius 3 is 2.62 bits per heavy atom. The highest BCUT2D eigenvalue weighted by atomic mass is 15.1. The lowest BCUT2D eigenvalue weighted by molar-refractivity contribution is 0.298. The van der Waals surface area contributed by atoms with Crippen molar-refractivity contribution < 1.29 is 0 Å². The topological polar surface area (TPSA) is 55.3 Å². The minimum atomic E-state index is 0.588. The van der Waals surface area contributed by atoms with Gasteiger partial charge in [0.1, 0.15) is 0 Å². The summed E-state index contributed by atoms with van der Waals surface area (Å²) in [6.45, 7) is 8.22. The van der Waals surface area contributed by atoms with Gasteiger partial charge in [-0.2, -0.15) is 0 Å². The van der Waals surface area contributed by atoms with E-state index >= 15 is 0 Å². The number of rotatable bonds is 9. The maximum atomic E-state index is 5.76. The highest BCUT2D eigenvalue weighted by molar-refractivity contribution is 5.24. The van der Waals surface area contributed by atoms with Gasteiger partial charge in [0.05, 0.1) is 0 Å². The van der Waals surface area contributed by atoms with Crippen molar-refractivity contribution in [2.75, 3.05) is 19.6 Å². The summed E-state index contributed by atoms with van der Waals surface area (Å²) in [7, 11) is 0. The molecule has 21 heavy (non-hydrogen) atoms. The van der Waals surface area contributed by atoms with Crippen molar-refractivity contribution in [3.63, 3.8) is 0 Å². The molecule has 0 bridgehead atoms. The second-order valence-corrected chi connectivity index (χ2v) is 5.21. The molecular weight excluding hydrogens is 258 g/mol. The molecule has 0 saturated heterocycles. The van der Waals surface area contributed by atoms with Gasteiger partial charge in [0.15, 0.2) is 0 Å². The summed E-state index contributed by atoms with van der Waals surface area (Å²) in [5, 5.41) is 0. The molecule has 0 fully saturated rings. The molecule has 0 unspecified atom stereocenters. The van der Waals surface area contributed by atoms with Gasteiger partial charge in [-0.1, -0.05) is 49.4 Å². The molecular formula is C18H29N3. The van der Waals surface area contributed by atoms with Crippen LogP contribution in [0.1, 0.15) is 31.4 Å². The van der Waals surface area contributed by atoms with Gasteiger partial charge in [0.2, 0.25) is 0 Å². The number of hydrogen-bond donors (Lipinski definition) is 2. The van der Waals surface area contributed by atoms with Gasteiger partial charge in [-0.25, -0.2) is 0 Å². The molecule has 0 amide bonds. The van der Waals surface area contributed by atoms with E-state index in [1.165, 1.54) is 16.7 Å². The summed E-state index contributed by atoms with van der Waals surface area (Å²) in [6.07, 6.45) is 7.61. The molecule has 0 atom stereocenters. The molecule has 1 aromatic rings. The van der Waals surface area contributed by atoms with Crippen molar-refractivity contribution in [1.82, 2.24) is 4.90 Å². The number of nitrogens with two attached hydrogens (primary N) is 2. The van der Waals surface area contributed by atoms with E-state index in [1.54, 1.807) is 0 Å². The number of nitrogens with zero attached hydrogens (tertiary/aromatic N) is 1. The fourth-order valence-electron chi connectivity index (χ4n) is 2.43. The second kappa shape index (κ2) is 10.3. The Kier molecular flexibility index (Phi) is 8.67. The summed E-state index contributed by atoms with van der Waals surface area (Å²) in [4.78, 5) is 2.39. The van der Waals surface area contributed by atoms with Crippen molar-refractivity contribution in [1.29, 1.82) is 0 Å². The van der Waals surface area contributed by atoms with Gasteiger partial charge in [0.25, 0.3) is 0 Å². The molecule has 3 nitrogen and oxygen atoms in total. The van der Waals surface area contributed by atoms with E-state index in [0.717, 1.165) is 26.1 Å². The molecule has 0 radical (unpaired) electrons. The van der Waals surface area contributed by atoms with E-state index in [-0.39, 0.29) is 0 Å². The van der Waals surface area contributed by atoms with E-state index < -0.39 is 0 Å². The van der Waals surface area contributed by atoms with Gasteiger partial charge in [-0.05, 0) is 30.0 Å². The fraction of sp³-hybridized carbons (Fsp3) is 0.444. The summed E-state index contributed by atoms with van der Waals surface area (Å²) in [6, 6.07) is 8.48. The van der Waals surface area contributed by atoms with Gasteiger partial charge in [-0.3, -0.25) is 4.90 Å². The van der Waals surface area contributed by atoms with Crippen molar-refractivity contribution >= 4 is 0 Å². The largest absolute Gasteiger partial charge is 0.329 e. The van der Waals surface area contributed by atoms with Crippen LogP contribution < -0.4 is 11.5 Å². The Labute approximate surface area is 129 Å². The number of allylic oxidation sites excluding steroid dienone is 2. The zero-order chi connectivity index (χ0) is 15.5. The second-order valence-electron chi connectivity index (χ2n) is 5.21. The molecule has 0 aliphatic carbocycles. The maximum Gasteiger partial charge on any atom is 0.0237 e. The van der Waals surface area contributed by atoms with E-state index in [1.807, 2.05) is 0 Å². The molecule has 3 heteroatoms. The fourth-order valence-corrected chi connectivity index (χ4v) is 2.43. The first-order chi connectivity index (χ1) is 10.2. The Bertz CT molecular complexity index is 463. The summed E-state index contributed by atoms with van der Waals surface area (Å²) in [5.74, 6) is 0. The SMILES string of the molecule is C/C=C\C(=C/CC)CN(CCN)Cc1cccc(CN)c1. The third-order valence-electron chi connectivity index (χ3n) is 3.33. The molecule has 0 aromatic heterocycles. The monoisotopic (exact) mass is 287 g/mol. The molecule has 0 aliphatic heterocycles. The molecule has 1 aromatic carbocycles. The highest BCUT2D eigenvalue weighted by Crippen LogP contribution is 2.11. The van der Waals surface area contributed by atoms with Crippen LogP contribution in [-0.2, 0) is 13.1 Å². The maximum absolute atomic E-state index is 5.76. The predicted molar refractivity (Wildman–Crippen MR) is 91.9 cm³/mol. The lowest BCUT2D eigenvalue weighted by Gasteiger charge is -2.22. The number of benzene rings is 1. The third-order valence-corrected chi connectivity index (χ3v) is 3.33. The average molecular weight is 287 g/mol. The zero-order valence-corrected chi connectivity index (χ0v) is 13.4. The lowest BCUT2D eigenvalue weighted by atomic mass is 10.1. The van der Waals surface area contributed by atoms with Crippen molar-refractivity contribution in [2.45, 2.75) is 33.4 Å². The molecule has 1 rings (SSSR count). The molecule has 0 heterocycles. The first-order valence-electron chi connectivity index (χ1n) is 7.75. The van der Waals surface area contributed by atoms with Crippen LogP contribution in [0.2, 0.25) is 0 Å². The van der Waals surface area contributed by atoms with Gasteiger partial charge >= 0.3 is 0 Å². The standard InChI is InChI=1S/C18H29N3/c1-3-6-16(7-4-2)14-21(11-10-19)15-18-9-5-8-17(12-18)13-20/h3,5-9,12H,4,10-11,13-15,19-20H2,1-2H3/b6-3-,16-7+. The molecule has 0 spiro atoms. The van der Waals surface area contributed by atoms with Crippen LogP contribution in [0.15, 0.2) is 48.1 Å². The van der Waals surface area contributed by atoms with Gasteiger partial charge in [0, 0.05) is 32.7 Å². The van der Waals surface area contributed by atoms with E-state index in [0.29, 0.717) is 13.1 Å². The summed E-state index contributed by atoms with van der Waals surface area (Å²) < 4.78 is 0. The van der Waals surface area contributed by atoms with Crippen molar-refractivity contribution in [3.8, 4) is 0 Å². The van der Waals surface area contributed by atoms with Gasteiger partial charge < -0.3 is 11.5 Å². The quantitative estimate of drug-likeness (QED) is 0.687. The lowest BCUT2D eigenvalue weighted by Crippen LogP contribution is -2.30. The predicted octanol–water partition coefficient (Wildman–Crippen LogP) is 2.82. The minimum absolute atomic E-state index is 0.588. The van der Waals surface area contributed by atoms with E-state index in [9.17, 15) is 0 Å². The van der Waals surface area contributed by atoms with E-state index in [4.69, 9.17) is 11.5 Å². The number of hydrogen-bond acceptors (Lipinski definition) is 3. The smallest absolute Gasteiger partial charge is 0.0237 e. The van der Waals surface area contributed by atoms with Crippen LogP contribution in [0.4, 0.5) is 0 Å². The molecule has 4 N–H and O–H groups in total. The van der Waals surface area contributed by atoms with Crippen molar-refractivity contribution in [3.05, 3.63) is 59.2 Å². The van der Waals surface area contributed by atoms with Crippen LogP contribution in [-0.4, -0.2) is 24.5 Å². The molecule has 0 aliphatic rings. The minimum Gasteiger partial charge on any atom is -0.329 e. The first kappa shape index (κ1) is 17.6. The Morgan fingerprint density at radius 2 is 2.00 bits per heavy atom. The summed E-state index contributed by atoms with van der Waals surface area (Å²) in [5.41, 5.74) is 15.3. The normalized spacial score (nSPS) is 12.5. The van der Waals surface area contributed by atoms with Crippen LogP contribution in [0.25, 0.3) is 0 Å². The third kappa shape index (κ3) is 6.71. The Hall–Kier alpha value is -1.42. The molecule has 0 saturated carbocycles. The van der Waals surface area contributed by atoms with Crippen LogP contribution in [0.3, 0.4) is 0 Å². The first-order valence-corrected chi connectivity index (χ1v) is 7.75. The summed E-state index contributed by atoms with van der Waals surface area (Å²) >= 11 is 0. The Morgan fingerprint density at radius 1 is 1.24 bits per heavy atom. The Balaban J connectivity index is 2.78. The van der Waals surface area contributed by atoms with Crippen LogP contribution in [0.5, 0.6) is 0 Å². The highest BCUT2D eigenvalue weighted by Gasteiger charge is 2.07. The van der Waals surface area contributed by atoms with Crippen LogP contribution in [0, 0.1) is 0 Å². The zero-order valence-electron chi connectivity index (χ0n) is 13.4.